The molecule has 1 saturated heterocycles. The first-order valence-electron chi connectivity index (χ1n) is 9.33. The molecule has 1 aliphatic heterocycles. The zero-order chi connectivity index (χ0) is 19.0. The van der Waals surface area contributed by atoms with Crippen molar-refractivity contribution in [3.8, 4) is 0 Å². The fourth-order valence-corrected chi connectivity index (χ4v) is 4.38. The summed E-state index contributed by atoms with van der Waals surface area (Å²) in [5, 5.41) is 0. The van der Waals surface area contributed by atoms with Crippen molar-refractivity contribution in [1.82, 2.24) is 14.9 Å². The highest BCUT2D eigenvalue weighted by molar-refractivity contribution is 5.96. The van der Waals surface area contributed by atoms with E-state index in [-0.39, 0.29) is 11.3 Å². The van der Waals surface area contributed by atoms with Gasteiger partial charge < -0.3 is 9.64 Å². The highest BCUT2D eigenvalue weighted by atomic mass is 16.5. The first-order valence-corrected chi connectivity index (χ1v) is 9.33. The normalized spacial score (nSPS) is 21.2. The van der Waals surface area contributed by atoms with Gasteiger partial charge in [0.15, 0.2) is 0 Å². The molecular weight excluding hydrogens is 342 g/mol. The van der Waals surface area contributed by atoms with E-state index in [1.165, 1.54) is 12.7 Å². The number of carbonyl (C=O) groups excluding carboxylic acids is 2. The van der Waals surface area contributed by atoms with E-state index in [4.69, 9.17) is 9.72 Å². The van der Waals surface area contributed by atoms with Crippen LogP contribution in [0.2, 0.25) is 0 Å². The Labute approximate surface area is 158 Å². The molecule has 1 fully saturated rings. The molecule has 6 heteroatoms. The number of rotatable bonds is 2. The van der Waals surface area contributed by atoms with E-state index in [2.05, 4.69) is 4.98 Å². The Morgan fingerprint density at radius 3 is 2.63 bits per heavy atom. The second kappa shape index (κ2) is 6.76. The number of carbonyl (C=O) groups is 2. The highest BCUT2D eigenvalue weighted by Crippen LogP contribution is 2.44. The molecule has 1 aliphatic carbocycles. The lowest BCUT2D eigenvalue weighted by atomic mass is 9.77. The zero-order valence-electron chi connectivity index (χ0n) is 15.7. The molecule has 27 heavy (non-hydrogen) atoms. The summed E-state index contributed by atoms with van der Waals surface area (Å²) in [5.41, 5.74) is 3.34. The quantitative estimate of drug-likeness (QED) is 0.765. The third-order valence-corrected chi connectivity index (χ3v) is 5.78. The summed E-state index contributed by atoms with van der Waals surface area (Å²) in [5.74, 6) is 0.394. The monoisotopic (exact) mass is 365 g/mol. The first kappa shape index (κ1) is 17.6. The van der Waals surface area contributed by atoms with Crippen LogP contribution in [0, 0.1) is 6.92 Å². The Balaban J connectivity index is 1.57. The molecule has 1 unspecified atom stereocenters. The molecule has 1 amide bonds. The number of likely N-dealkylation sites (tertiary alicyclic amines) is 1. The van der Waals surface area contributed by atoms with Crippen molar-refractivity contribution in [2.45, 2.75) is 38.0 Å². The molecule has 2 aromatic rings. The summed E-state index contributed by atoms with van der Waals surface area (Å²) in [7, 11) is 1.35. The van der Waals surface area contributed by atoms with Gasteiger partial charge in [-0.25, -0.2) is 14.8 Å². The van der Waals surface area contributed by atoms with Gasteiger partial charge in [-0.3, -0.25) is 4.79 Å². The minimum atomic E-state index is -0.399. The summed E-state index contributed by atoms with van der Waals surface area (Å²) in [4.78, 5) is 35.6. The van der Waals surface area contributed by atoms with Crippen molar-refractivity contribution >= 4 is 11.9 Å². The van der Waals surface area contributed by atoms with Crippen molar-refractivity contribution in [3.63, 3.8) is 0 Å². The zero-order valence-corrected chi connectivity index (χ0v) is 15.7. The van der Waals surface area contributed by atoms with Gasteiger partial charge in [-0.2, -0.15) is 0 Å². The number of fused-ring (bicyclic) bond motifs is 2. The van der Waals surface area contributed by atoms with Gasteiger partial charge in [-0.1, -0.05) is 0 Å². The molecule has 1 atom stereocenters. The number of esters is 1. The van der Waals surface area contributed by atoms with Crippen LogP contribution in [0.15, 0.2) is 30.5 Å². The summed E-state index contributed by atoms with van der Waals surface area (Å²) in [6.07, 6.45) is 5.96. The molecule has 0 N–H and O–H groups in total. The van der Waals surface area contributed by atoms with Gasteiger partial charge in [0.1, 0.15) is 5.82 Å². The van der Waals surface area contributed by atoms with Crippen molar-refractivity contribution in [3.05, 3.63) is 58.7 Å². The lowest BCUT2D eigenvalue weighted by Gasteiger charge is -2.40. The van der Waals surface area contributed by atoms with Crippen LogP contribution in [-0.4, -0.2) is 46.9 Å². The third-order valence-electron chi connectivity index (χ3n) is 5.78. The van der Waals surface area contributed by atoms with Gasteiger partial charge in [0, 0.05) is 30.3 Å². The molecule has 2 aliphatic rings. The standard InChI is InChI=1S/C21H23N3O3/c1-14-22-12-17-8-10-21(18(17)23-14)9-3-11-24(13-21)19(25)15-4-6-16(7-5-15)20(26)27-2/h4-7,12H,3,8-11,13H2,1-2H3. The number of piperidine rings is 1. The van der Waals surface area contributed by atoms with Gasteiger partial charge in [-0.05, 0) is 62.4 Å². The van der Waals surface area contributed by atoms with E-state index >= 15 is 0 Å². The number of aryl methyl sites for hydroxylation is 2. The van der Waals surface area contributed by atoms with Crippen LogP contribution in [-0.2, 0) is 16.6 Å². The van der Waals surface area contributed by atoms with Gasteiger partial charge in [-0.15, -0.1) is 0 Å². The van der Waals surface area contributed by atoms with Crippen LogP contribution in [0.1, 0.15) is 57.1 Å². The Bertz CT molecular complexity index is 890. The number of amides is 1. The number of methoxy groups -OCH3 is 1. The van der Waals surface area contributed by atoms with Gasteiger partial charge in [0.25, 0.3) is 5.91 Å². The van der Waals surface area contributed by atoms with Crippen LogP contribution >= 0.6 is 0 Å². The van der Waals surface area contributed by atoms with Crippen LogP contribution in [0.3, 0.4) is 0 Å². The number of benzene rings is 1. The van der Waals surface area contributed by atoms with Gasteiger partial charge in [0.2, 0.25) is 0 Å². The molecule has 0 saturated carbocycles. The maximum atomic E-state index is 13.0. The number of ether oxygens (including phenoxy) is 1. The lowest BCUT2D eigenvalue weighted by molar-refractivity contribution is 0.0597. The fourth-order valence-electron chi connectivity index (χ4n) is 4.38. The summed E-state index contributed by atoms with van der Waals surface area (Å²) in [6.45, 7) is 3.35. The van der Waals surface area contributed by atoms with E-state index in [0.29, 0.717) is 17.7 Å². The van der Waals surface area contributed by atoms with Crippen LogP contribution < -0.4 is 0 Å². The molecule has 1 aromatic heterocycles. The Kier molecular flexibility index (Phi) is 4.42. The van der Waals surface area contributed by atoms with Crippen molar-refractivity contribution in [1.29, 1.82) is 0 Å². The minimum Gasteiger partial charge on any atom is -0.465 e. The molecule has 1 aromatic carbocycles. The number of aromatic nitrogens is 2. The maximum Gasteiger partial charge on any atom is 0.337 e. The molecule has 140 valence electrons. The summed E-state index contributed by atoms with van der Waals surface area (Å²) < 4.78 is 4.71. The van der Waals surface area contributed by atoms with Crippen LogP contribution in [0.5, 0.6) is 0 Å². The Morgan fingerprint density at radius 1 is 1.15 bits per heavy atom. The lowest BCUT2D eigenvalue weighted by Crippen LogP contribution is -2.48. The van der Waals surface area contributed by atoms with Crippen LogP contribution in [0.25, 0.3) is 0 Å². The smallest absolute Gasteiger partial charge is 0.337 e. The molecule has 0 bridgehead atoms. The van der Waals surface area contributed by atoms with Gasteiger partial charge in [0.05, 0.1) is 18.4 Å². The largest absolute Gasteiger partial charge is 0.465 e. The topological polar surface area (TPSA) is 72.4 Å². The van der Waals surface area contributed by atoms with E-state index in [0.717, 1.165) is 43.7 Å². The van der Waals surface area contributed by atoms with Crippen molar-refractivity contribution in [2.75, 3.05) is 20.2 Å². The molecular formula is C21H23N3O3. The van der Waals surface area contributed by atoms with Gasteiger partial charge >= 0.3 is 5.97 Å². The molecule has 6 nitrogen and oxygen atoms in total. The SMILES string of the molecule is COC(=O)c1ccc(C(=O)N2CCCC3(CCc4cnc(C)nc43)C2)cc1. The molecule has 0 radical (unpaired) electrons. The third kappa shape index (κ3) is 3.09. The number of hydrogen-bond acceptors (Lipinski definition) is 5. The van der Waals surface area contributed by atoms with E-state index in [1.54, 1.807) is 24.3 Å². The molecule has 4 rings (SSSR count). The maximum absolute atomic E-state index is 13.0. The predicted molar refractivity (Wildman–Crippen MR) is 99.7 cm³/mol. The summed E-state index contributed by atoms with van der Waals surface area (Å²) >= 11 is 0. The second-order valence-corrected chi connectivity index (χ2v) is 7.47. The second-order valence-electron chi connectivity index (χ2n) is 7.47. The van der Waals surface area contributed by atoms with Crippen molar-refractivity contribution in [2.24, 2.45) is 0 Å². The minimum absolute atomic E-state index is 0.00437. The van der Waals surface area contributed by atoms with E-state index < -0.39 is 5.97 Å². The number of nitrogens with zero attached hydrogens (tertiary/aromatic N) is 3. The van der Waals surface area contributed by atoms with Crippen LogP contribution in [0.4, 0.5) is 0 Å². The Hall–Kier alpha value is -2.76. The highest BCUT2D eigenvalue weighted by Gasteiger charge is 2.44. The number of hydrogen-bond donors (Lipinski definition) is 0. The van der Waals surface area contributed by atoms with E-state index in [1.807, 2.05) is 18.0 Å². The van der Waals surface area contributed by atoms with E-state index in [9.17, 15) is 9.59 Å². The summed E-state index contributed by atoms with van der Waals surface area (Å²) in [6, 6.07) is 6.68. The predicted octanol–water partition coefficient (Wildman–Crippen LogP) is 2.69. The van der Waals surface area contributed by atoms with Crippen molar-refractivity contribution < 1.29 is 14.3 Å². The fraction of sp³-hybridized carbons (Fsp3) is 0.429. The molecule has 2 heterocycles. The molecule has 1 spiro atoms. The Morgan fingerprint density at radius 2 is 1.89 bits per heavy atom. The average molecular weight is 365 g/mol. The average Bonchev–Trinajstić information content (AvgIpc) is 3.04. The first-order chi connectivity index (χ1) is 13.0.